The number of fused-ring (bicyclic) bond motifs is 3. The molecule has 0 spiro atoms. The van der Waals surface area contributed by atoms with Crippen molar-refractivity contribution in [3.05, 3.63) is 132 Å². The zero-order valence-electron chi connectivity index (χ0n) is 22.1. The maximum Gasteiger partial charge on any atom is 0.343 e. The van der Waals surface area contributed by atoms with Gasteiger partial charge in [0.1, 0.15) is 5.69 Å². The molecule has 1 aromatic heterocycles. The lowest BCUT2D eigenvalue weighted by Gasteiger charge is -2.10. The Balaban J connectivity index is 1.26. The molecule has 6 aromatic rings. The van der Waals surface area contributed by atoms with Gasteiger partial charge in [-0.1, -0.05) is 84.9 Å². The predicted octanol–water partition coefficient (Wildman–Crippen LogP) is 6.98. The molecule has 2 N–H and O–H groups in total. The van der Waals surface area contributed by atoms with E-state index in [2.05, 4.69) is 21.6 Å². The van der Waals surface area contributed by atoms with Gasteiger partial charge in [-0.15, -0.1) is 0 Å². The Hall–Kier alpha value is -5.69. The van der Waals surface area contributed by atoms with Crippen LogP contribution in [0.3, 0.4) is 0 Å². The average molecular weight is 540 g/mol. The van der Waals surface area contributed by atoms with E-state index >= 15 is 0 Å². The van der Waals surface area contributed by atoms with Crippen molar-refractivity contribution in [2.24, 2.45) is 5.10 Å². The number of H-pyrrole nitrogens is 1. The number of nitrogens with zero attached hydrogens (tertiary/aromatic N) is 1. The summed E-state index contributed by atoms with van der Waals surface area (Å²) in [6.07, 6.45) is 1.50. The molecule has 0 fully saturated rings. The number of nitrogens with one attached hydrogen (secondary N) is 2. The van der Waals surface area contributed by atoms with E-state index in [1.807, 2.05) is 66.7 Å². The van der Waals surface area contributed by atoms with Gasteiger partial charge in [0, 0.05) is 16.3 Å². The highest BCUT2D eigenvalue weighted by atomic mass is 16.6. The van der Waals surface area contributed by atoms with Crippen molar-refractivity contribution in [3.8, 4) is 22.6 Å². The van der Waals surface area contributed by atoms with Crippen LogP contribution in [-0.2, 0) is 0 Å². The van der Waals surface area contributed by atoms with E-state index in [4.69, 9.17) is 9.47 Å². The zero-order valence-corrected chi connectivity index (χ0v) is 22.1. The van der Waals surface area contributed by atoms with Gasteiger partial charge in [0.15, 0.2) is 11.5 Å². The summed E-state index contributed by atoms with van der Waals surface area (Å²) < 4.78 is 10.9. The SMILES string of the molecule is COc1cc(C=NNC(=O)c2[nH]c3c(ccc4ccccc43)c2-c2ccccc2)ccc1OC(=O)c1ccccc1. The van der Waals surface area contributed by atoms with Crippen molar-refractivity contribution < 1.29 is 19.1 Å². The van der Waals surface area contributed by atoms with Gasteiger partial charge in [0.2, 0.25) is 0 Å². The Bertz CT molecular complexity index is 1910. The number of carbonyl (C=O) groups is 2. The number of aromatic amines is 1. The van der Waals surface area contributed by atoms with Crippen molar-refractivity contribution in [2.75, 3.05) is 7.11 Å². The molecule has 1 heterocycles. The summed E-state index contributed by atoms with van der Waals surface area (Å²) in [6, 6.07) is 35.7. The largest absolute Gasteiger partial charge is 0.493 e. The number of hydrazone groups is 1. The van der Waals surface area contributed by atoms with Gasteiger partial charge in [0.05, 0.1) is 24.4 Å². The first-order valence-electron chi connectivity index (χ1n) is 13.0. The van der Waals surface area contributed by atoms with Crippen LogP contribution in [0, 0.1) is 0 Å². The topological polar surface area (TPSA) is 92.8 Å². The molecule has 0 unspecified atom stereocenters. The monoisotopic (exact) mass is 539 g/mol. The third-order valence-corrected chi connectivity index (χ3v) is 6.77. The highest BCUT2D eigenvalue weighted by Crippen LogP contribution is 2.36. The molecule has 0 saturated heterocycles. The number of aromatic nitrogens is 1. The molecule has 5 aromatic carbocycles. The van der Waals surface area contributed by atoms with Gasteiger partial charge in [-0.25, -0.2) is 10.2 Å². The summed E-state index contributed by atoms with van der Waals surface area (Å²) in [5.41, 5.74) is 6.77. The molecule has 6 rings (SSSR count). The quantitative estimate of drug-likeness (QED) is 0.0991. The van der Waals surface area contributed by atoms with Crippen LogP contribution >= 0.6 is 0 Å². The number of hydrogen-bond donors (Lipinski definition) is 2. The van der Waals surface area contributed by atoms with Crippen molar-refractivity contribution >= 4 is 39.8 Å². The summed E-state index contributed by atoms with van der Waals surface area (Å²) in [4.78, 5) is 29.2. The highest BCUT2D eigenvalue weighted by Gasteiger charge is 2.20. The lowest BCUT2D eigenvalue weighted by atomic mass is 9.99. The van der Waals surface area contributed by atoms with Crippen molar-refractivity contribution in [2.45, 2.75) is 0 Å². The van der Waals surface area contributed by atoms with Gasteiger partial charge in [-0.2, -0.15) is 5.10 Å². The maximum absolute atomic E-state index is 13.4. The van der Waals surface area contributed by atoms with Crippen LogP contribution < -0.4 is 14.9 Å². The lowest BCUT2D eigenvalue weighted by molar-refractivity contribution is 0.0729. The maximum atomic E-state index is 13.4. The van der Waals surface area contributed by atoms with E-state index in [0.717, 1.165) is 32.8 Å². The molecule has 1 amide bonds. The number of amides is 1. The van der Waals surface area contributed by atoms with E-state index in [-0.39, 0.29) is 11.7 Å². The van der Waals surface area contributed by atoms with E-state index in [9.17, 15) is 9.59 Å². The second kappa shape index (κ2) is 11.2. The molecule has 0 aliphatic rings. The number of rotatable bonds is 7. The second-order valence-electron chi connectivity index (χ2n) is 9.32. The lowest BCUT2D eigenvalue weighted by Crippen LogP contribution is -2.18. The van der Waals surface area contributed by atoms with Crippen LogP contribution in [0.5, 0.6) is 11.5 Å². The fraction of sp³-hybridized carbons (Fsp3) is 0.0294. The standard InChI is InChI=1S/C34H25N3O4/c1-40-29-20-22(16-19-28(29)41-34(39)25-13-6-3-7-14-25)21-35-37-33(38)32-30(24-11-4-2-5-12-24)27-18-17-23-10-8-9-15-26(23)31(27)36-32/h2-21,36H,1H3,(H,37,38). The van der Waals surface area contributed by atoms with Crippen LogP contribution in [0.15, 0.2) is 120 Å². The van der Waals surface area contributed by atoms with Crippen LogP contribution in [0.1, 0.15) is 26.4 Å². The highest BCUT2D eigenvalue weighted by molar-refractivity contribution is 6.16. The van der Waals surface area contributed by atoms with Crippen molar-refractivity contribution in [1.82, 2.24) is 10.4 Å². The van der Waals surface area contributed by atoms with Crippen LogP contribution in [0.2, 0.25) is 0 Å². The number of carbonyl (C=O) groups excluding carboxylic acids is 2. The molecule has 200 valence electrons. The smallest absolute Gasteiger partial charge is 0.343 e. The Labute approximate surface area is 236 Å². The van der Waals surface area contributed by atoms with Gasteiger partial charge in [0.25, 0.3) is 5.91 Å². The van der Waals surface area contributed by atoms with Gasteiger partial charge in [-0.05, 0) is 46.8 Å². The third-order valence-electron chi connectivity index (χ3n) is 6.77. The number of esters is 1. The number of ether oxygens (including phenoxy) is 2. The summed E-state index contributed by atoms with van der Waals surface area (Å²) in [6.45, 7) is 0. The number of methoxy groups -OCH3 is 1. The summed E-state index contributed by atoms with van der Waals surface area (Å²) >= 11 is 0. The molecule has 0 radical (unpaired) electrons. The minimum absolute atomic E-state index is 0.278. The van der Waals surface area contributed by atoms with E-state index in [0.29, 0.717) is 22.6 Å². The summed E-state index contributed by atoms with van der Waals surface area (Å²) in [7, 11) is 1.49. The molecule has 0 aliphatic heterocycles. The second-order valence-corrected chi connectivity index (χ2v) is 9.32. The van der Waals surface area contributed by atoms with Gasteiger partial charge in [-0.3, -0.25) is 4.79 Å². The molecule has 0 atom stereocenters. The van der Waals surface area contributed by atoms with Crippen molar-refractivity contribution in [1.29, 1.82) is 0 Å². The zero-order chi connectivity index (χ0) is 28.2. The van der Waals surface area contributed by atoms with E-state index in [1.165, 1.54) is 13.3 Å². The number of benzene rings is 5. The fourth-order valence-corrected chi connectivity index (χ4v) is 4.81. The van der Waals surface area contributed by atoms with Gasteiger partial charge >= 0.3 is 5.97 Å². The first kappa shape index (κ1) is 25.6. The third kappa shape index (κ3) is 5.16. The van der Waals surface area contributed by atoms with Gasteiger partial charge < -0.3 is 14.5 Å². The minimum Gasteiger partial charge on any atom is -0.493 e. The number of hydrogen-bond acceptors (Lipinski definition) is 5. The van der Waals surface area contributed by atoms with Crippen LogP contribution in [0.25, 0.3) is 32.8 Å². The molecule has 0 aliphatic carbocycles. The molecule has 41 heavy (non-hydrogen) atoms. The fourth-order valence-electron chi connectivity index (χ4n) is 4.81. The Morgan fingerprint density at radius 1 is 0.780 bits per heavy atom. The molecule has 0 bridgehead atoms. The first-order chi connectivity index (χ1) is 20.1. The molecule has 7 heteroatoms. The van der Waals surface area contributed by atoms with Crippen LogP contribution in [-0.4, -0.2) is 30.2 Å². The molecule has 0 saturated carbocycles. The molecular formula is C34H25N3O4. The van der Waals surface area contributed by atoms with Crippen LogP contribution in [0.4, 0.5) is 0 Å². The van der Waals surface area contributed by atoms with E-state index in [1.54, 1.807) is 42.5 Å². The summed E-state index contributed by atoms with van der Waals surface area (Å²) in [5.74, 6) is -0.225. The first-order valence-corrected chi connectivity index (χ1v) is 13.0. The predicted molar refractivity (Wildman–Crippen MR) is 161 cm³/mol. The van der Waals surface area contributed by atoms with Crippen molar-refractivity contribution in [3.63, 3.8) is 0 Å². The Morgan fingerprint density at radius 3 is 2.29 bits per heavy atom. The molecule has 7 nitrogen and oxygen atoms in total. The minimum atomic E-state index is -0.488. The van der Waals surface area contributed by atoms with E-state index < -0.39 is 5.97 Å². The summed E-state index contributed by atoms with van der Waals surface area (Å²) in [5, 5.41) is 7.26. The normalized spacial score (nSPS) is 11.1. The Morgan fingerprint density at radius 2 is 1.51 bits per heavy atom. The Kier molecular flexibility index (Phi) is 6.99. The molecular weight excluding hydrogens is 514 g/mol. The average Bonchev–Trinajstić information content (AvgIpc) is 3.43.